The minimum atomic E-state index is 0. The van der Waals surface area contributed by atoms with Crippen molar-refractivity contribution in [2.75, 3.05) is 0 Å². The monoisotopic (exact) mass is 113 g/mol. The lowest BCUT2D eigenvalue weighted by atomic mass is 10.7. The lowest BCUT2D eigenvalue weighted by molar-refractivity contribution is 0.858. The molecule has 8 heavy (non-hydrogen) atoms. The smallest absolute Gasteiger partial charge is 0.105 e. The number of nitrogens with zero attached hydrogens (tertiary/aromatic N) is 2. The van der Waals surface area contributed by atoms with Crippen LogP contribution in [0.5, 0.6) is 0 Å². The van der Waals surface area contributed by atoms with Crippen molar-refractivity contribution in [1.82, 2.24) is 15.7 Å². The lowest BCUT2D eigenvalue weighted by Crippen LogP contribution is -1.86. The Morgan fingerprint density at radius 2 is 2.25 bits per heavy atom. The third-order valence-electron chi connectivity index (χ3n) is 1.06. The van der Waals surface area contributed by atoms with E-state index in [1.54, 1.807) is 6.20 Å². The van der Waals surface area contributed by atoms with Gasteiger partial charge in [-0.25, -0.2) is 4.98 Å². The van der Waals surface area contributed by atoms with Gasteiger partial charge in [-0.05, 0) is 6.92 Å². The van der Waals surface area contributed by atoms with E-state index in [1.807, 2.05) is 24.7 Å². The van der Waals surface area contributed by atoms with Crippen LogP contribution in [-0.4, -0.2) is 9.55 Å². The molecule has 0 saturated heterocycles. The molecule has 0 fully saturated rings. The van der Waals surface area contributed by atoms with Crippen LogP contribution < -0.4 is 6.15 Å². The zero-order chi connectivity index (χ0) is 5.28. The maximum absolute atomic E-state index is 3.98. The van der Waals surface area contributed by atoms with Gasteiger partial charge >= 0.3 is 0 Å². The van der Waals surface area contributed by atoms with Crippen LogP contribution in [-0.2, 0) is 7.05 Å². The summed E-state index contributed by atoms with van der Waals surface area (Å²) in [5.41, 5.74) is 0. The molecular weight excluding hydrogens is 102 g/mol. The number of aromatic nitrogens is 2. The first kappa shape index (κ1) is 7.17. The Bertz CT molecular complexity index is 140. The van der Waals surface area contributed by atoms with E-state index < -0.39 is 0 Å². The molecule has 0 aliphatic carbocycles. The average Bonchev–Trinajstić information content (AvgIpc) is 1.91. The first-order chi connectivity index (χ1) is 3.30. The van der Waals surface area contributed by atoms with Gasteiger partial charge < -0.3 is 10.7 Å². The molecule has 0 aliphatic rings. The molecule has 0 aliphatic heterocycles. The predicted molar refractivity (Wildman–Crippen MR) is 33.0 cm³/mol. The molecule has 0 aromatic carbocycles. The second kappa shape index (κ2) is 2.47. The maximum Gasteiger partial charge on any atom is 0.105 e. The number of rotatable bonds is 0. The topological polar surface area (TPSA) is 52.8 Å². The molecule has 3 heteroatoms. The van der Waals surface area contributed by atoms with Gasteiger partial charge in [-0.3, -0.25) is 0 Å². The van der Waals surface area contributed by atoms with Crippen molar-refractivity contribution >= 4 is 0 Å². The van der Waals surface area contributed by atoms with Gasteiger partial charge in [0.2, 0.25) is 0 Å². The molecule has 3 N–H and O–H groups in total. The van der Waals surface area contributed by atoms with E-state index in [2.05, 4.69) is 4.98 Å². The van der Waals surface area contributed by atoms with Crippen LogP contribution in [0.3, 0.4) is 0 Å². The molecule has 0 saturated carbocycles. The molecule has 0 bridgehead atoms. The predicted octanol–water partition coefficient (Wildman–Crippen LogP) is 0.891. The average molecular weight is 113 g/mol. The molecule has 1 heterocycles. The summed E-state index contributed by atoms with van der Waals surface area (Å²) in [5.74, 6) is 1.06. The highest BCUT2D eigenvalue weighted by Crippen LogP contribution is 1.86. The van der Waals surface area contributed by atoms with Crippen LogP contribution in [0.4, 0.5) is 0 Å². The number of imidazole rings is 1. The van der Waals surface area contributed by atoms with Crippen LogP contribution in [0.25, 0.3) is 0 Å². The molecule has 1 rings (SSSR count). The van der Waals surface area contributed by atoms with Gasteiger partial charge in [-0.1, -0.05) is 0 Å². The summed E-state index contributed by atoms with van der Waals surface area (Å²) < 4.78 is 1.97. The molecule has 1 aromatic heterocycles. The van der Waals surface area contributed by atoms with Crippen molar-refractivity contribution in [2.24, 2.45) is 7.05 Å². The van der Waals surface area contributed by atoms with Crippen molar-refractivity contribution in [3.8, 4) is 0 Å². The van der Waals surface area contributed by atoms with Crippen molar-refractivity contribution in [1.29, 1.82) is 0 Å². The fourth-order valence-electron chi connectivity index (χ4n) is 0.440. The van der Waals surface area contributed by atoms with E-state index in [0.29, 0.717) is 0 Å². The van der Waals surface area contributed by atoms with Crippen molar-refractivity contribution in [2.45, 2.75) is 6.92 Å². The highest BCUT2D eigenvalue weighted by Gasteiger charge is 1.83. The summed E-state index contributed by atoms with van der Waals surface area (Å²) in [6, 6.07) is 0. The Kier molecular flexibility index (Phi) is 2.21. The molecule has 0 amide bonds. The number of aryl methyl sites for hydroxylation is 2. The highest BCUT2D eigenvalue weighted by atomic mass is 15.0. The van der Waals surface area contributed by atoms with Crippen LogP contribution in [0.15, 0.2) is 12.4 Å². The first-order valence-corrected chi connectivity index (χ1v) is 2.24. The van der Waals surface area contributed by atoms with E-state index in [0.717, 1.165) is 5.82 Å². The van der Waals surface area contributed by atoms with Crippen LogP contribution >= 0.6 is 0 Å². The van der Waals surface area contributed by atoms with Gasteiger partial charge in [0.1, 0.15) is 5.82 Å². The van der Waals surface area contributed by atoms with E-state index in [9.17, 15) is 0 Å². The van der Waals surface area contributed by atoms with Gasteiger partial charge in [-0.15, -0.1) is 0 Å². The van der Waals surface area contributed by atoms with Crippen molar-refractivity contribution < 1.29 is 0 Å². The molecule has 0 spiro atoms. The highest BCUT2D eigenvalue weighted by molar-refractivity contribution is 4.85. The second-order valence-electron chi connectivity index (χ2n) is 1.59. The van der Waals surface area contributed by atoms with Gasteiger partial charge in [-0.2, -0.15) is 0 Å². The van der Waals surface area contributed by atoms with E-state index in [-0.39, 0.29) is 6.15 Å². The SMILES string of the molecule is Cc1nccn1C.N. The van der Waals surface area contributed by atoms with Crippen molar-refractivity contribution in [3.63, 3.8) is 0 Å². The summed E-state index contributed by atoms with van der Waals surface area (Å²) in [6.45, 7) is 1.97. The quantitative estimate of drug-likeness (QED) is 0.543. The summed E-state index contributed by atoms with van der Waals surface area (Å²) in [7, 11) is 1.97. The summed E-state index contributed by atoms with van der Waals surface area (Å²) in [6.07, 6.45) is 3.71. The third kappa shape index (κ3) is 1.07. The van der Waals surface area contributed by atoms with Crippen LogP contribution in [0, 0.1) is 6.92 Å². The minimum absolute atomic E-state index is 0. The lowest BCUT2D eigenvalue weighted by Gasteiger charge is -1.87. The van der Waals surface area contributed by atoms with Gasteiger partial charge in [0.25, 0.3) is 0 Å². The van der Waals surface area contributed by atoms with Gasteiger partial charge in [0.15, 0.2) is 0 Å². The zero-order valence-electron chi connectivity index (χ0n) is 5.26. The largest absolute Gasteiger partial charge is 0.344 e. The Hall–Kier alpha value is -0.830. The number of hydrogen-bond donors (Lipinski definition) is 1. The van der Waals surface area contributed by atoms with Gasteiger partial charge in [0, 0.05) is 19.4 Å². The minimum Gasteiger partial charge on any atom is -0.344 e. The molecule has 46 valence electrons. The Morgan fingerprint density at radius 1 is 1.62 bits per heavy atom. The van der Waals surface area contributed by atoms with Crippen LogP contribution in [0.1, 0.15) is 5.82 Å². The van der Waals surface area contributed by atoms with Crippen LogP contribution in [0.2, 0.25) is 0 Å². The molecule has 0 radical (unpaired) electrons. The first-order valence-electron chi connectivity index (χ1n) is 2.24. The molecular formula is C5H11N3. The van der Waals surface area contributed by atoms with E-state index in [4.69, 9.17) is 0 Å². The second-order valence-corrected chi connectivity index (χ2v) is 1.59. The third-order valence-corrected chi connectivity index (χ3v) is 1.06. The zero-order valence-corrected chi connectivity index (χ0v) is 5.26. The van der Waals surface area contributed by atoms with E-state index in [1.165, 1.54) is 0 Å². The van der Waals surface area contributed by atoms with E-state index >= 15 is 0 Å². The molecule has 3 nitrogen and oxygen atoms in total. The summed E-state index contributed by atoms with van der Waals surface area (Å²) in [5, 5.41) is 0. The Morgan fingerprint density at radius 3 is 2.38 bits per heavy atom. The summed E-state index contributed by atoms with van der Waals surface area (Å²) in [4.78, 5) is 3.98. The fourth-order valence-corrected chi connectivity index (χ4v) is 0.440. The molecule has 1 aromatic rings. The normalized spacial score (nSPS) is 8.25. The standard InChI is InChI=1S/C5H8N2.H3N/c1-5-6-3-4-7(5)2;/h3-4H,1-2H3;1H3. The number of hydrogen-bond acceptors (Lipinski definition) is 2. The maximum atomic E-state index is 3.98. The van der Waals surface area contributed by atoms with Gasteiger partial charge in [0.05, 0.1) is 0 Å². The molecule has 0 unspecified atom stereocenters. The molecule has 0 atom stereocenters. The van der Waals surface area contributed by atoms with Crippen molar-refractivity contribution in [3.05, 3.63) is 18.2 Å². The Balaban J connectivity index is 0.000000490. The Labute approximate surface area is 48.9 Å². The fraction of sp³-hybridized carbons (Fsp3) is 0.400. The summed E-state index contributed by atoms with van der Waals surface area (Å²) >= 11 is 0.